The molecule has 4 nitrogen and oxygen atoms in total. The van der Waals surface area contributed by atoms with Crippen LogP contribution in [0, 0.1) is 6.92 Å². The summed E-state index contributed by atoms with van der Waals surface area (Å²) in [6, 6.07) is 41.3. The number of aromatic hydroxyl groups is 1. The second-order valence-corrected chi connectivity index (χ2v) is 18.8. The number of phenols is 1. The molecule has 0 unspecified atom stereocenters. The number of pyridine rings is 1. The van der Waals surface area contributed by atoms with Crippen molar-refractivity contribution in [1.82, 2.24) is 14.5 Å². The number of benzene rings is 6. The van der Waals surface area contributed by atoms with Gasteiger partial charge in [0.2, 0.25) is 0 Å². The van der Waals surface area contributed by atoms with E-state index in [1.807, 2.05) is 155 Å². The molecule has 0 saturated carbocycles. The second-order valence-electron chi connectivity index (χ2n) is 18.8. The van der Waals surface area contributed by atoms with Crippen LogP contribution in [0.1, 0.15) is 123 Å². The van der Waals surface area contributed by atoms with Gasteiger partial charge in [0.05, 0.1) is 28.0 Å². The topological polar surface area (TPSA) is 50.9 Å². The maximum Gasteiger partial charge on any atom is 0.149 e. The standard InChI is InChI=1S/C58H61N3O/c1-36(2)40-25-26-51(47(32-40)39-17-14-13-15-18-39)61-52-20-16-19-46(53(52)60-55(61)48-34-45(57(7,8)9)35-49(54(48)62)58(10,11)12)42-29-43(31-44(30-42)56(4,5)6)50-33-41(27-28-59-50)38-23-21-37(3)22-24-38/h13-36,62H,1-12H3/i4D3,5D3,6D3,36D. The molecular weight excluding hydrogens is 755 g/mol. The molecule has 0 radical (unpaired) electrons. The van der Waals surface area contributed by atoms with Crippen molar-refractivity contribution in [2.45, 2.75) is 105 Å². The van der Waals surface area contributed by atoms with Crippen LogP contribution in [-0.2, 0) is 16.2 Å². The van der Waals surface area contributed by atoms with Crippen molar-refractivity contribution in [3.8, 4) is 67.5 Å². The molecule has 2 heterocycles. The number of nitrogens with zero attached hydrogens (tertiary/aromatic N) is 3. The van der Waals surface area contributed by atoms with Crippen molar-refractivity contribution in [3.63, 3.8) is 0 Å². The number of hydrogen-bond donors (Lipinski definition) is 1. The molecule has 2 aromatic heterocycles. The van der Waals surface area contributed by atoms with Crippen LogP contribution in [0.4, 0.5) is 0 Å². The van der Waals surface area contributed by atoms with Gasteiger partial charge in [-0.05, 0) is 117 Å². The molecule has 0 aliphatic rings. The van der Waals surface area contributed by atoms with Crippen LogP contribution < -0.4 is 0 Å². The van der Waals surface area contributed by atoms with Gasteiger partial charge in [0.15, 0.2) is 0 Å². The minimum Gasteiger partial charge on any atom is -0.507 e. The summed E-state index contributed by atoms with van der Waals surface area (Å²) in [4.78, 5) is 10.2. The van der Waals surface area contributed by atoms with E-state index >= 15 is 0 Å². The quantitative estimate of drug-likeness (QED) is 0.174. The number of rotatable bonds is 7. The Morgan fingerprint density at radius 1 is 0.597 bits per heavy atom. The van der Waals surface area contributed by atoms with Gasteiger partial charge in [0.1, 0.15) is 11.6 Å². The smallest absolute Gasteiger partial charge is 0.149 e. The molecule has 8 rings (SSSR count). The molecule has 0 amide bonds. The van der Waals surface area contributed by atoms with Gasteiger partial charge in [0, 0.05) is 42.2 Å². The summed E-state index contributed by atoms with van der Waals surface area (Å²) in [6.07, 6.45) is 1.61. The van der Waals surface area contributed by atoms with Crippen LogP contribution in [0.3, 0.4) is 0 Å². The van der Waals surface area contributed by atoms with E-state index in [1.54, 1.807) is 18.3 Å². The molecule has 0 bridgehead atoms. The molecule has 0 spiro atoms. The Kier molecular flexibility index (Phi) is 8.09. The van der Waals surface area contributed by atoms with E-state index in [-0.39, 0.29) is 11.2 Å². The normalized spacial score (nSPS) is 15.6. The van der Waals surface area contributed by atoms with Crippen molar-refractivity contribution in [2.75, 3.05) is 0 Å². The Labute approximate surface area is 383 Å². The van der Waals surface area contributed by atoms with Crippen molar-refractivity contribution < 1.29 is 18.8 Å². The highest BCUT2D eigenvalue weighted by Gasteiger charge is 2.29. The van der Waals surface area contributed by atoms with E-state index in [2.05, 4.69) is 20.8 Å². The van der Waals surface area contributed by atoms with Crippen LogP contribution in [0.5, 0.6) is 5.75 Å². The minimum absolute atomic E-state index is 0.0420. The molecule has 4 heteroatoms. The van der Waals surface area contributed by atoms with Gasteiger partial charge < -0.3 is 5.11 Å². The monoisotopic (exact) mass is 826 g/mol. The third kappa shape index (κ3) is 8.23. The van der Waals surface area contributed by atoms with Crippen molar-refractivity contribution in [1.29, 1.82) is 0 Å². The van der Waals surface area contributed by atoms with Crippen molar-refractivity contribution >= 4 is 11.0 Å². The van der Waals surface area contributed by atoms with Gasteiger partial charge in [-0.2, -0.15) is 0 Å². The summed E-state index contributed by atoms with van der Waals surface area (Å²) in [5.41, 5.74) is 5.74. The fourth-order valence-electron chi connectivity index (χ4n) is 8.12. The Morgan fingerprint density at radius 2 is 1.31 bits per heavy atom. The lowest BCUT2D eigenvalue weighted by Crippen LogP contribution is -2.17. The van der Waals surface area contributed by atoms with E-state index in [4.69, 9.17) is 23.7 Å². The molecular formula is C58H61N3O. The number of hydrogen-bond acceptors (Lipinski definition) is 3. The first-order chi connectivity index (χ1) is 33.3. The molecule has 8 aromatic rings. The molecule has 0 aliphatic carbocycles. The molecule has 314 valence electrons. The number of para-hydroxylation sites is 1. The highest BCUT2D eigenvalue weighted by atomic mass is 16.3. The maximum absolute atomic E-state index is 12.6. The van der Waals surface area contributed by atoms with E-state index < -0.39 is 42.8 Å². The van der Waals surface area contributed by atoms with Crippen LogP contribution in [0.25, 0.3) is 72.7 Å². The zero-order valence-electron chi connectivity index (χ0n) is 47.1. The highest BCUT2D eigenvalue weighted by Crippen LogP contribution is 2.46. The van der Waals surface area contributed by atoms with Gasteiger partial charge in [-0.3, -0.25) is 9.55 Å². The SMILES string of the molecule is [2H]C(C)(C)c1ccc(-n2c(-c3cc(C(C)(C)C)cc(C(C)(C)C)c3O)nc3c(-c4cc(-c5cc(-c6ccc(C)cc6)ccn5)cc(C(C([2H])([2H])[2H])(C([2H])([2H])[2H])C([2H])([2H])[2H])c4)cccc32)c(-c2ccccc2)c1. The summed E-state index contributed by atoms with van der Waals surface area (Å²) in [5.74, 6) is -0.534. The van der Waals surface area contributed by atoms with E-state index in [1.165, 1.54) is 12.1 Å². The lowest BCUT2D eigenvalue weighted by molar-refractivity contribution is 0.446. The summed E-state index contributed by atoms with van der Waals surface area (Å²) in [6.45, 7) is 7.47. The Morgan fingerprint density at radius 3 is 1.98 bits per heavy atom. The minimum atomic E-state index is -3.55. The summed E-state index contributed by atoms with van der Waals surface area (Å²) in [7, 11) is 0. The van der Waals surface area contributed by atoms with E-state index in [9.17, 15) is 5.11 Å². The fraction of sp³-hybridized carbons (Fsp3) is 0.276. The maximum atomic E-state index is 12.6. The van der Waals surface area contributed by atoms with Gasteiger partial charge in [-0.25, -0.2) is 4.98 Å². The van der Waals surface area contributed by atoms with Crippen LogP contribution in [0.2, 0.25) is 0 Å². The highest BCUT2D eigenvalue weighted by molar-refractivity contribution is 5.98. The van der Waals surface area contributed by atoms with E-state index in [0.29, 0.717) is 56.1 Å². The van der Waals surface area contributed by atoms with Crippen molar-refractivity contribution in [2.24, 2.45) is 0 Å². The van der Waals surface area contributed by atoms with Crippen LogP contribution in [-0.4, -0.2) is 19.6 Å². The predicted octanol–water partition coefficient (Wildman–Crippen LogP) is 15.8. The first kappa shape index (κ1) is 31.6. The third-order valence-corrected chi connectivity index (χ3v) is 11.7. The Hall–Kier alpha value is -6.26. The lowest BCUT2D eigenvalue weighted by Gasteiger charge is -2.27. The molecule has 0 fully saturated rings. The van der Waals surface area contributed by atoms with Crippen LogP contribution >= 0.6 is 0 Å². The number of aryl methyl sites for hydroxylation is 1. The molecule has 0 atom stereocenters. The number of fused-ring (bicyclic) bond motifs is 1. The molecule has 6 aromatic carbocycles. The van der Waals surface area contributed by atoms with Gasteiger partial charge in [0.25, 0.3) is 0 Å². The molecule has 0 saturated heterocycles. The van der Waals surface area contributed by atoms with Gasteiger partial charge in [-0.15, -0.1) is 0 Å². The summed E-state index contributed by atoms with van der Waals surface area (Å²) in [5, 5.41) is 12.6. The molecule has 1 N–H and O–H groups in total. The summed E-state index contributed by atoms with van der Waals surface area (Å²) < 4.78 is 90.1. The van der Waals surface area contributed by atoms with Gasteiger partial charge in [-0.1, -0.05) is 166 Å². The second kappa shape index (κ2) is 15.9. The fourth-order valence-corrected chi connectivity index (χ4v) is 8.12. The Bertz CT molecular complexity index is 3290. The molecule has 0 aliphatic heterocycles. The lowest BCUT2D eigenvalue weighted by atomic mass is 9.79. The summed E-state index contributed by atoms with van der Waals surface area (Å²) >= 11 is 0. The zero-order valence-corrected chi connectivity index (χ0v) is 37.1. The first-order valence-corrected chi connectivity index (χ1v) is 21.1. The Balaban J connectivity index is 1.54. The average Bonchev–Trinajstić information content (AvgIpc) is 3.66. The van der Waals surface area contributed by atoms with Crippen LogP contribution in [0.15, 0.2) is 140 Å². The number of phenolic OH excluding ortho intramolecular Hbond substituents is 1. The van der Waals surface area contributed by atoms with Gasteiger partial charge >= 0.3 is 0 Å². The first-order valence-electron chi connectivity index (χ1n) is 26.1. The average molecular weight is 826 g/mol. The predicted molar refractivity (Wildman–Crippen MR) is 263 cm³/mol. The van der Waals surface area contributed by atoms with E-state index in [0.717, 1.165) is 38.9 Å². The zero-order chi connectivity index (χ0) is 52.7. The third-order valence-electron chi connectivity index (χ3n) is 11.7. The van der Waals surface area contributed by atoms with Crippen molar-refractivity contribution in [3.05, 3.63) is 167 Å². The number of imidazole rings is 1. The number of aromatic nitrogens is 3. The molecule has 62 heavy (non-hydrogen) atoms. The largest absolute Gasteiger partial charge is 0.507 e.